The molecule has 0 bridgehead atoms. The fourth-order valence-electron chi connectivity index (χ4n) is 2.69. The molecule has 0 radical (unpaired) electrons. The largest absolute Gasteiger partial charge is 0.388 e. The number of rotatable bonds is 3. The van der Waals surface area contributed by atoms with E-state index in [1.165, 1.54) is 11.1 Å². The Morgan fingerprint density at radius 3 is 2.78 bits per heavy atom. The third-order valence-electron chi connectivity index (χ3n) is 3.70. The molecule has 1 nitrogen and oxygen atoms in total. The summed E-state index contributed by atoms with van der Waals surface area (Å²) in [5.41, 5.74) is 3.71. The van der Waals surface area contributed by atoms with E-state index in [4.69, 9.17) is 11.6 Å². The predicted octanol–water partition coefficient (Wildman–Crippen LogP) is 4.10. The first-order valence-corrected chi connectivity index (χ1v) is 6.63. The van der Waals surface area contributed by atoms with Crippen molar-refractivity contribution in [3.8, 4) is 0 Å². The van der Waals surface area contributed by atoms with Gasteiger partial charge in [-0.25, -0.2) is 0 Å². The topological polar surface area (TPSA) is 20.2 Å². The van der Waals surface area contributed by atoms with E-state index >= 15 is 0 Å². The van der Waals surface area contributed by atoms with Crippen LogP contribution in [0, 0.1) is 0 Å². The monoisotopic (exact) mass is 258 g/mol. The Labute approximate surface area is 112 Å². The lowest BCUT2D eigenvalue weighted by Gasteiger charge is -2.31. The molecule has 0 aliphatic heterocycles. The molecule has 1 aliphatic carbocycles. The number of hydrogen-bond acceptors (Lipinski definition) is 1. The number of hydrogen-bond donors (Lipinski definition) is 1. The Morgan fingerprint density at radius 2 is 2.00 bits per heavy atom. The summed E-state index contributed by atoms with van der Waals surface area (Å²) in [6.07, 6.45) is 1.42. The number of aliphatic hydroxyl groups excluding tert-OH is 1. The van der Waals surface area contributed by atoms with E-state index in [-0.39, 0.29) is 0 Å². The molecular formula is C16H15ClO. The van der Waals surface area contributed by atoms with Crippen LogP contribution in [0.25, 0.3) is 0 Å². The minimum atomic E-state index is -0.429. The molecule has 0 aromatic heterocycles. The van der Waals surface area contributed by atoms with Crippen LogP contribution >= 0.6 is 11.6 Å². The highest BCUT2D eigenvalue weighted by Gasteiger charge is 2.27. The predicted molar refractivity (Wildman–Crippen MR) is 73.9 cm³/mol. The van der Waals surface area contributed by atoms with Crippen LogP contribution in [-0.2, 0) is 6.42 Å². The molecule has 0 amide bonds. The van der Waals surface area contributed by atoms with Crippen LogP contribution in [0.4, 0.5) is 0 Å². The maximum absolute atomic E-state index is 10.2. The molecular weight excluding hydrogens is 244 g/mol. The average Bonchev–Trinajstić information content (AvgIpc) is 2.36. The summed E-state index contributed by atoms with van der Waals surface area (Å²) < 4.78 is 0. The average molecular weight is 259 g/mol. The summed E-state index contributed by atoms with van der Waals surface area (Å²) in [6.45, 7) is 0. The van der Waals surface area contributed by atoms with Gasteiger partial charge < -0.3 is 5.11 Å². The fourth-order valence-corrected chi connectivity index (χ4v) is 2.89. The zero-order valence-corrected chi connectivity index (χ0v) is 10.8. The van der Waals surface area contributed by atoms with Crippen molar-refractivity contribution in [3.05, 3.63) is 70.2 Å². The summed E-state index contributed by atoms with van der Waals surface area (Å²) in [5.74, 6) is 0.482. The molecule has 0 saturated carbocycles. The van der Waals surface area contributed by atoms with Gasteiger partial charge in [-0.15, -0.1) is 0 Å². The number of halogens is 1. The lowest BCUT2D eigenvalue weighted by Crippen LogP contribution is -2.19. The van der Waals surface area contributed by atoms with Crippen LogP contribution in [0.15, 0.2) is 48.5 Å². The van der Waals surface area contributed by atoms with Crippen LogP contribution in [-0.4, -0.2) is 5.11 Å². The molecule has 1 N–H and O–H groups in total. The van der Waals surface area contributed by atoms with E-state index in [1.54, 1.807) is 0 Å². The van der Waals surface area contributed by atoms with Crippen molar-refractivity contribution in [3.63, 3.8) is 0 Å². The second-order valence-corrected chi connectivity index (χ2v) is 5.34. The Kier molecular flexibility index (Phi) is 3.11. The van der Waals surface area contributed by atoms with Crippen molar-refractivity contribution in [1.82, 2.24) is 0 Å². The molecule has 0 heterocycles. The zero-order chi connectivity index (χ0) is 12.5. The molecule has 18 heavy (non-hydrogen) atoms. The third kappa shape index (κ3) is 2.16. The second-order valence-electron chi connectivity index (χ2n) is 4.91. The molecule has 1 aliphatic rings. The van der Waals surface area contributed by atoms with Gasteiger partial charge in [-0.1, -0.05) is 48.0 Å². The molecule has 2 aromatic carbocycles. The molecule has 0 spiro atoms. The summed E-state index contributed by atoms with van der Waals surface area (Å²) in [4.78, 5) is 0. The normalized spacial score (nSPS) is 18.9. The highest BCUT2D eigenvalue weighted by Crippen LogP contribution is 2.40. The Morgan fingerprint density at radius 1 is 1.17 bits per heavy atom. The van der Waals surface area contributed by atoms with E-state index < -0.39 is 6.10 Å². The summed E-state index contributed by atoms with van der Waals surface area (Å²) in [7, 11) is 0. The van der Waals surface area contributed by atoms with E-state index in [9.17, 15) is 5.11 Å². The number of fused-ring (bicyclic) bond motifs is 1. The molecule has 2 unspecified atom stereocenters. The molecule has 0 saturated heterocycles. The molecule has 0 fully saturated rings. The lowest BCUT2D eigenvalue weighted by molar-refractivity contribution is 0.153. The van der Waals surface area contributed by atoms with Crippen molar-refractivity contribution in [2.75, 3.05) is 0 Å². The van der Waals surface area contributed by atoms with Gasteiger partial charge in [-0.05, 0) is 47.6 Å². The van der Waals surface area contributed by atoms with Crippen LogP contribution in [0.2, 0.25) is 5.02 Å². The zero-order valence-electron chi connectivity index (χ0n) is 10.0. The molecule has 2 aromatic rings. The van der Waals surface area contributed by atoms with Gasteiger partial charge in [0.15, 0.2) is 0 Å². The molecule has 3 rings (SSSR count). The first kappa shape index (κ1) is 11.8. The van der Waals surface area contributed by atoms with E-state index in [0.717, 1.165) is 18.4 Å². The molecule has 92 valence electrons. The van der Waals surface area contributed by atoms with E-state index in [1.807, 2.05) is 24.3 Å². The van der Waals surface area contributed by atoms with Gasteiger partial charge in [0.05, 0.1) is 6.10 Å². The summed E-state index contributed by atoms with van der Waals surface area (Å²) >= 11 is 5.94. The van der Waals surface area contributed by atoms with Crippen molar-refractivity contribution in [2.24, 2.45) is 0 Å². The van der Waals surface area contributed by atoms with E-state index in [2.05, 4.69) is 24.3 Å². The van der Waals surface area contributed by atoms with Gasteiger partial charge in [0.25, 0.3) is 0 Å². The van der Waals surface area contributed by atoms with Crippen molar-refractivity contribution in [1.29, 1.82) is 0 Å². The highest BCUT2D eigenvalue weighted by molar-refractivity contribution is 6.30. The second kappa shape index (κ2) is 4.75. The lowest BCUT2D eigenvalue weighted by atomic mass is 9.74. The number of benzene rings is 2. The van der Waals surface area contributed by atoms with Crippen LogP contribution in [0.3, 0.4) is 0 Å². The number of aliphatic hydroxyl groups is 1. The Bertz CT molecular complexity index is 565. The van der Waals surface area contributed by atoms with Crippen molar-refractivity contribution in [2.45, 2.75) is 24.9 Å². The summed E-state index contributed by atoms with van der Waals surface area (Å²) in [6, 6.07) is 16.0. The van der Waals surface area contributed by atoms with Gasteiger partial charge >= 0.3 is 0 Å². The smallest absolute Gasteiger partial charge is 0.0796 e. The first-order valence-electron chi connectivity index (χ1n) is 6.25. The highest BCUT2D eigenvalue weighted by atomic mass is 35.5. The molecule has 2 atom stereocenters. The van der Waals surface area contributed by atoms with Gasteiger partial charge in [0.2, 0.25) is 0 Å². The van der Waals surface area contributed by atoms with Crippen molar-refractivity contribution >= 4 is 11.6 Å². The first-order chi connectivity index (χ1) is 8.74. The third-order valence-corrected chi connectivity index (χ3v) is 3.94. The van der Waals surface area contributed by atoms with Gasteiger partial charge in [0, 0.05) is 5.02 Å². The standard InChI is InChI=1S/C16H15ClO/c17-14-6-3-5-12(9-14)16(18)10-13-8-11-4-1-2-7-15(11)13/h1-7,9,13,16,18H,8,10H2. The minimum Gasteiger partial charge on any atom is -0.388 e. The van der Waals surface area contributed by atoms with Crippen LogP contribution < -0.4 is 0 Å². The molecule has 2 heteroatoms. The summed E-state index contributed by atoms with van der Waals surface area (Å²) in [5, 5.41) is 10.9. The Balaban J connectivity index is 1.72. The fraction of sp³-hybridized carbons (Fsp3) is 0.250. The van der Waals surface area contributed by atoms with Gasteiger partial charge in [-0.2, -0.15) is 0 Å². The minimum absolute atomic E-state index is 0.429. The maximum atomic E-state index is 10.2. The van der Waals surface area contributed by atoms with E-state index in [0.29, 0.717) is 10.9 Å². The van der Waals surface area contributed by atoms with Crippen molar-refractivity contribution < 1.29 is 5.11 Å². The Hall–Kier alpha value is -1.31. The van der Waals surface area contributed by atoms with Crippen LogP contribution in [0.1, 0.15) is 35.1 Å². The van der Waals surface area contributed by atoms with Gasteiger partial charge in [0.1, 0.15) is 0 Å². The quantitative estimate of drug-likeness (QED) is 0.879. The maximum Gasteiger partial charge on any atom is 0.0796 e. The van der Waals surface area contributed by atoms with Gasteiger partial charge in [-0.3, -0.25) is 0 Å². The SMILES string of the molecule is OC(CC1Cc2ccccc21)c1cccc(Cl)c1. The van der Waals surface area contributed by atoms with Crippen LogP contribution in [0.5, 0.6) is 0 Å².